The summed E-state index contributed by atoms with van der Waals surface area (Å²) in [5.74, 6) is 1.09. The zero-order chi connectivity index (χ0) is 21.8. The molecule has 31 heavy (non-hydrogen) atoms. The Morgan fingerprint density at radius 3 is 2.29 bits per heavy atom. The van der Waals surface area contributed by atoms with Gasteiger partial charge >= 0.3 is 0 Å². The molecule has 10 heteroatoms. The standard InChI is InChI=1S/C21H33N7O2S/c1-27-10-8-19(9-11-27)31(29,30)28-12-6-18(7-13-28)25-21-23-15-16(14-22)20(26-21)24-17-4-2-3-5-17/h15,17-19H,2-13H2,1H3,(H2,23,24,25,26). The lowest BCUT2D eigenvalue weighted by atomic mass is 10.1. The number of piperidine rings is 2. The van der Waals surface area contributed by atoms with E-state index in [-0.39, 0.29) is 11.3 Å². The lowest BCUT2D eigenvalue weighted by Crippen LogP contribution is -2.48. The van der Waals surface area contributed by atoms with E-state index < -0.39 is 10.0 Å². The van der Waals surface area contributed by atoms with Crippen LogP contribution in [0.1, 0.15) is 56.9 Å². The number of aromatic nitrogens is 2. The van der Waals surface area contributed by atoms with Crippen molar-refractivity contribution >= 4 is 21.8 Å². The number of sulfonamides is 1. The van der Waals surface area contributed by atoms with Gasteiger partial charge in [-0.2, -0.15) is 10.2 Å². The predicted molar refractivity (Wildman–Crippen MR) is 120 cm³/mol. The largest absolute Gasteiger partial charge is 0.366 e. The summed E-state index contributed by atoms with van der Waals surface area (Å²) >= 11 is 0. The maximum atomic E-state index is 13.0. The van der Waals surface area contributed by atoms with Gasteiger partial charge in [-0.25, -0.2) is 17.7 Å². The Labute approximate surface area is 185 Å². The van der Waals surface area contributed by atoms with E-state index in [4.69, 9.17) is 0 Å². The molecule has 3 aliphatic rings. The van der Waals surface area contributed by atoms with Crippen LogP contribution in [0, 0.1) is 11.3 Å². The minimum Gasteiger partial charge on any atom is -0.366 e. The molecular formula is C21H33N7O2S. The van der Waals surface area contributed by atoms with E-state index in [9.17, 15) is 13.7 Å². The average Bonchev–Trinajstić information content (AvgIpc) is 3.28. The van der Waals surface area contributed by atoms with Gasteiger partial charge in [0.25, 0.3) is 0 Å². The van der Waals surface area contributed by atoms with Gasteiger partial charge in [0.15, 0.2) is 0 Å². The van der Waals surface area contributed by atoms with E-state index >= 15 is 0 Å². The Bertz CT molecular complexity index is 895. The Balaban J connectivity index is 1.34. The molecule has 2 N–H and O–H groups in total. The van der Waals surface area contributed by atoms with Crippen LogP contribution in [0.2, 0.25) is 0 Å². The summed E-state index contributed by atoms with van der Waals surface area (Å²) in [6.45, 7) is 2.73. The van der Waals surface area contributed by atoms with Gasteiger partial charge in [0.1, 0.15) is 17.5 Å². The second-order valence-electron chi connectivity index (χ2n) is 9.06. The van der Waals surface area contributed by atoms with Crippen LogP contribution in [0.5, 0.6) is 0 Å². The summed E-state index contributed by atoms with van der Waals surface area (Å²) in [6, 6.07) is 2.65. The molecule has 0 amide bonds. The molecule has 4 rings (SSSR count). The van der Waals surface area contributed by atoms with E-state index in [2.05, 4.69) is 31.6 Å². The highest BCUT2D eigenvalue weighted by molar-refractivity contribution is 7.89. The molecule has 9 nitrogen and oxygen atoms in total. The molecule has 1 aromatic heterocycles. The number of rotatable bonds is 6. The minimum atomic E-state index is -3.23. The minimum absolute atomic E-state index is 0.121. The van der Waals surface area contributed by atoms with Crippen molar-refractivity contribution in [1.29, 1.82) is 5.26 Å². The van der Waals surface area contributed by atoms with Crippen molar-refractivity contribution < 1.29 is 8.42 Å². The summed E-state index contributed by atoms with van der Waals surface area (Å²) in [4.78, 5) is 11.1. The highest BCUT2D eigenvalue weighted by atomic mass is 32.2. The summed E-state index contributed by atoms with van der Waals surface area (Å²) in [7, 11) is -1.19. The maximum Gasteiger partial charge on any atom is 0.224 e. The molecule has 0 unspecified atom stereocenters. The van der Waals surface area contributed by atoms with E-state index in [0.717, 1.165) is 38.8 Å². The van der Waals surface area contributed by atoms with E-state index in [1.807, 2.05) is 7.05 Å². The molecule has 170 valence electrons. The first-order chi connectivity index (χ1) is 15.0. The maximum absolute atomic E-state index is 13.0. The first kappa shape index (κ1) is 22.2. The topological polar surface area (TPSA) is 114 Å². The molecular weight excluding hydrogens is 414 g/mol. The quantitative estimate of drug-likeness (QED) is 0.681. The van der Waals surface area contributed by atoms with Gasteiger partial charge in [-0.15, -0.1) is 0 Å². The van der Waals surface area contributed by atoms with E-state index in [1.54, 1.807) is 10.5 Å². The summed E-state index contributed by atoms with van der Waals surface area (Å²) in [5, 5.41) is 15.9. The van der Waals surface area contributed by atoms with Gasteiger partial charge in [0.2, 0.25) is 16.0 Å². The molecule has 3 fully saturated rings. The fourth-order valence-corrected chi connectivity index (χ4v) is 6.79. The second-order valence-corrected chi connectivity index (χ2v) is 11.3. The van der Waals surface area contributed by atoms with E-state index in [0.29, 0.717) is 49.3 Å². The Hall–Kier alpha value is -1.96. The molecule has 1 aliphatic carbocycles. The molecule has 0 atom stereocenters. The number of nitriles is 1. The Morgan fingerprint density at radius 2 is 1.65 bits per heavy atom. The third-order valence-electron chi connectivity index (χ3n) is 6.84. The van der Waals surface area contributed by atoms with Crippen LogP contribution < -0.4 is 10.6 Å². The Morgan fingerprint density at radius 1 is 1.00 bits per heavy atom. The van der Waals surface area contributed by atoms with Gasteiger partial charge in [-0.3, -0.25) is 0 Å². The monoisotopic (exact) mass is 447 g/mol. The fraction of sp³-hybridized carbons (Fsp3) is 0.762. The number of hydrogen-bond acceptors (Lipinski definition) is 8. The van der Waals surface area contributed by atoms with Crippen LogP contribution >= 0.6 is 0 Å². The lowest BCUT2D eigenvalue weighted by Gasteiger charge is -2.36. The number of nitrogens with one attached hydrogen (secondary N) is 2. The average molecular weight is 448 g/mol. The van der Waals surface area contributed by atoms with Gasteiger partial charge in [0.05, 0.1) is 11.4 Å². The molecule has 2 saturated heterocycles. The van der Waals surface area contributed by atoms with Crippen molar-refractivity contribution in [2.45, 2.75) is 68.7 Å². The second kappa shape index (κ2) is 9.67. The Kier molecular flexibility index (Phi) is 6.94. The highest BCUT2D eigenvalue weighted by Crippen LogP contribution is 2.26. The van der Waals surface area contributed by atoms with Gasteiger partial charge in [-0.05, 0) is 58.7 Å². The number of hydrogen-bond donors (Lipinski definition) is 2. The third kappa shape index (κ3) is 5.27. The van der Waals surface area contributed by atoms with E-state index in [1.165, 1.54) is 12.8 Å². The molecule has 3 heterocycles. The van der Waals surface area contributed by atoms with Crippen molar-refractivity contribution in [3.05, 3.63) is 11.8 Å². The molecule has 1 saturated carbocycles. The van der Waals surface area contributed by atoms with Crippen molar-refractivity contribution in [3.63, 3.8) is 0 Å². The van der Waals surface area contributed by atoms with Crippen LogP contribution in [0.3, 0.4) is 0 Å². The lowest BCUT2D eigenvalue weighted by molar-refractivity contribution is 0.266. The normalized spacial score (nSPS) is 23.0. The molecule has 0 bridgehead atoms. The molecule has 0 spiro atoms. The SMILES string of the molecule is CN1CCC(S(=O)(=O)N2CCC(Nc3ncc(C#N)c(NC4CCCC4)n3)CC2)CC1. The van der Waals surface area contributed by atoms with Gasteiger partial charge in [-0.1, -0.05) is 12.8 Å². The third-order valence-corrected chi connectivity index (χ3v) is 9.24. The number of nitrogens with zero attached hydrogens (tertiary/aromatic N) is 5. The van der Waals surface area contributed by atoms with Gasteiger partial charge in [0, 0.05) is 25.2 Å². The van der Waals surface area contributed by atoms with Gasteiger partial charge < -0.3 is 15.5 Å². The fourth-order valence-electron chi connectivity index (χ4n) is 4.84. The zero-order valence-electron chi connectivity index (χ0n) is 18.3. The van der Waals surface area contributed by atoms with Crippen LogP contribution in [0.25, 0.3) is 0 Å². The van der Waals surface area contributed by atoms with Crippen molar-refractivity contribution in [3.8, 4) is 6.07 Å². The zero-order valence-corrected chi connectivity index (χ0v) is 19.1. The van der Waals surface area contributed by atoms with Crippen molar-refractivity contribution in [1.82, 2.24) is 19.2 Å². The van der Waals surface area contributed by atoms with Crippen molar-refractivity contribution in [2.75, 3.05) is 43.9 Å². The first-order valence-electron chi connectivity index (χ1n) is 11.4. The number of likely N-dealkylation sites (tertiary alicyclic amines) is 1. The van der Waals surface area contributed by atoms with Crippen LogP contribution in [0.15, 0.2) is 6.20 Å². The van der Waals surface area contributed by atoms with Crippen molar-refractivity contribution in [2.24, 2.45) is 0 Å². The highest BCUT2D eigenvalue weighted by Gasteiger charge is 2.36. The molecule has 1 aromatic rings. The molecule has 0 radical (unpaired) electrons. The predicted octanol–water partition coefficient (Wildman–Crippen LogP) is 2.00. The first-order valence-corrected chi connectivity index (χ1v) is 12.9. The van der Waals surface area contributed by atoms with Crippen LogP contribution in [-0.4, -0.2) is 78.2 Å². The number of anilines is 2. The van der Waals surface area contributed by atoms with Crippen LogP contribution in [-0.2, 0) is 10.0 Å². The summed E-state index contributed by atoms with van der Waals surface area (Å²) in [6.07, 6.45) is 9.04. The summed E-state index contributed by atoms with van der Waals surface area (Å²) < 4.78 is 27.7. The smallest absolute Gasteiger partial charge is 0.224 e. The molecule has 0 aromatic carbocycles. The van der Waals surface area contributed by atoms with Crippen LogP contribution in [0.4, 0.5) is 11.8 Å². The summed E-state index contributed by atoms with van der Waals surface area (Å²) in [5.41, 5.74) is 0.455. The molecule has 2 aliphatic heterocycles.